The lowest BCUT2D eigenvalue weighted by molar-refractivity contribution is -0.138. The molecule has 7 heteroatoms. The minimum atomic E-state index is -0.330. The van der Waals surface area contributed by atoms with Gasteiger partial charge in [0.05, 0.1) is 0 Å². The zero-order valence-electron chi connectivity index (χ0n) is 8.06. The van der Waals surface area contributed by atoms with E-state index in [9.17, 15) is 14.4 Å². The monoisotopic (exact) mass is 232 g/mol. The highest BCUT2D eigenvalue weighted by Crippen LogP contribution is 2.10. The van der Waals surface area contributed by atoms with Gasteiger partial charge < -0.3 is 9.50 Å². The predicted molar refractivity (Wildman–Crippen MR) is 53.9 cm³/mol. The highest BCUT2D eigenvalue weighted by molar-refractivity contribution is 7.75. The molecule has 0 aromatic heterocycles. The molecule has 0 saturated carbocycles. The van der Waals surface area contributed by atoms with E-state index in [2.05, 4.69) is 22.4 Å². The molecule has 0 bridgehead atoms. The summed E-state index contributed by atoms with van der Waals surface area (Å²) < 4.78 is 4.30. The van der Waals surface area contributed by atoms with E-state index in [-0.39, 0.29) is 50.3 Å². The molecular formula is C8H12N2O4S. The Morgan fingerprint density at radius 1 is 1.40 bits per heavy atom. The lowest BCUT2D eigenvalue weighted by Gasteiger charge is -2.13. The Labute approximate surface area is 92.6 Å². The highest BCUT2D eigenvalue weighted by atomic mass is 32.1. The van der Waals surface area contributed by atoms with Crippen LogP contribution in [0.3, 0.4) is 0 Å². The van der Waals surface area contributed by atoms with Gasteiger partial charge >= 0.3 is 0 Å². The molecule has 1 aliphatic heterocycles. The van der Waals surface area contributed by atoms with Crippen molar-refractivity contribution >= 4 is 30.6 Å². The SMILES string of the molecule is O=C(COS)NCCN1C(=O)CCC1=O. The minimum Gasteiger partial charge on any atom is -0.352 e. The second-order valence-corrected chi connectivity index (χ2v) is 3.32. The van der Waals surface area contributed by atoms with E-state index in [1.807, 2.05) is 0 Å². The summed E-state index contributed by atoms with van der Waals surface area (Å²) in [6, 6.07) is 0. The number of amides is 3. The number of imide groups is 1. The molecule has 0 atom stereocenters. The third-order valence-corrected chi connectivity index (χ3v) is 2.14. The molecule has 1 rings (SSSR count). The van der Waals surface area contributed by atoms with Gasteiger partial charge in [-0.15, -0.1) is 0 Å². The quantitative estimate of drug-likeness (QED) is 0.366. The van der Waals surface area contributed by atoms with Crippen LogP contribution in [-0.2, 0) is 18.6 Å². The van der Waals surface area contributed by atoms with Crippen molar-refractivity contribution in [3.8, 4) is 0 Å². The average Bonchev–Trinajstić information content (AvgIpc) is 2.49. The van der Waals surface area contributed by atoms with Gasteiger partial charge in [-0.3, -0.25) is 19.3 Å². The molecule has 1 aliphatic rings. The Morgan fingerprint density at radius 2 is 2.00 bits per heavy atom. The zero-order valence-corrected chi connectivity index (χ0v) is 8.96. The lowest BCUT2D eigenvalue weighted by Crippen LogP contribution is -2.38. The van der Waals surface area contributed by atoms with Crippen LogP contribution >= 0.6 is 12.9 Å². The van der Waals surface area contributed by atoms with Crippen LogP contribution in [0.1, 0.15) is 12.8 Å². The molecule has 1 heterocycles. The third-order valence-electron chi connectivity index (χ3n) is 2.01. The smallest absolute Gasteiger partial charge is 0.247 e. The molecule has 3 amide bonds. The first-order valence-electron chi connectivity index (χ1n) is 4.51. The summed E-state index contributed by atoms with van der Waals surface area (Å²) in [7, 11) is 0. The van der Waals surface area contributed by atoms with E-state index in [0.29, 0.717) is 0 Å². The van der Waals surface area contributed by atoms with E-state index in [1.54, 1.807) is 0 Å². The fourth-order valence-electron chi connectivity index (χ4n) is 1.29. The van der Waals surface area contributed by atoms with Crippen LogP contribution in [0.4, 0.5) is 0 Å². The van der Waals surface area contributed by atoms with Gasteiger partial charge in [0, 0.05) is 25.9 Å². The number of carbonyl (C=O) groups is 3. The molecule has 0 aromatic rings. The molecule has 1 saturated heterocycles. The molecule has 0 unspecified atom stereocenters. The van der Waals surface area contributed by atoms with Crippen LogP contribution in [0.2, 0.25) is 0 Å². The molecule has 15 heavy (non-hydrogen) atoms. The molecule has 6 nitrogen and oxygen atoms in total. The molecule has 1 N–H and O–H groups in total. The summed E-state index contributed by atoms with van der Waals surface area (Å²) in [6.45, 7) is 0.314. The van der Waals surface area contributed by atoms with Crippen molar-refractivity contribution in [3.63, 3.8) is 0 Å². The summed E-state index contributed by atoms with van der Waals surface area (Å²) in [4.78, 5) is 34.3. The number of carbonyl (C=O) groups excluding carboxylic acids is 3. The van der Waals surface area contributed by atoms with Gasteiger partial charge in [0.25, 0.3) is 0 Å². The average molecular weight is 232 g/mol. The van der Waals surface area contributed by atoms with Crippen molar-refractivity contribution < 1.29 is 18.6 Å². The number of thiol groups is 1. The molecular weight excluding hydrogens is 220 g/mol. The molecule has 0 radical (unpaired) electrons. The Morgan fingerprint density at radius 3 is 2.53 bits per heavy atom. The summed E-state index contributed by atoms with van der Waals surface area (Å²) in [5.41, 5.74) is 0. The van der Waals surface area contributed by atoms with E-state index in [1.165, 1.54) is 0 Å². The summed E-state index contributed by atoms with van der Waals surface area (Å²) in [5, 5.41) is 2.49. The molecule has 0 aliphatic carbocycles. The fourth-order valence-corrected chi connectivity index (χ4v) is 1.41. The van der Waals surface area contributed by atoms with Crippen LogP contribution in [0.15, 0.2) is 0 Å². The van der Waals surface area contributed by atoms with Crippen molar-refractivity contribution in [2.75, 3.05) is 19.7 Å². The van der Waals surface area contributed by atoms with Crippen LogP contribution in [0.5, 0.6) is 0 Å². The molecule has 84 valence electrons. The summed E-state index contributed by atoms with van der Waals surface area (Å²) in [6.07, 6.45) is 0.541. The topological polar surface area (TPSA) is 75.7 Å². The number of nitrogens with zero attached hydrogens (tertiary/aromatic N) is 1. The number of hydrogen-bond donors (Lipinski definition) is 2. The molecule has 0 aromatic carbocycles. The van der Waals surface area contributed by atoms with E-state index in [0.717, 1.165) is 4.90 Å². The normalized spacial score (nSPS) is 15.9. The van der Waals surface area contributed by atoms with Crippen LogP contribution in [-0.4, -0.2) is 42.3 Å². The van der Waals surface area contributed by atoms with Crippen LogP contribution in [0, 0.1) is 0 Å². The number of likely N-dealkylation sites (tertiary alicyclic amines) is 1. The van der Waals surface area contributed by atoms with Crippen molar-refractivity contribution in [2.45, 2.75) is 12.8 Å². The number of nitrogens with one attached hydrogen (secondary N) is 1. The Kier molecular flexibility index (Phi) is 4.57. The zero-order chi connectivity index (χ0) is 11.3. The minimum absolute atomic E-state index is 0.148. The second kappa shape index (κ2) is 5.72. The largest absolute Gasteiger partial charge is 0.352 e. The first-order chi connectivity index (χ1) is 7.15. The maximum Gasteiger partial charge on any atom is 0.247 e. The van der Waals surface area contributed by atoms with Gasteiger partial charge in [-0.2, -0.15) is 0 Å². The summed E-state index contributed by atoms with van der Waals surface area (Å²) >= 11 is 3.42. The number of rotatable bonds is 5. The van der Waals surface area contributed by atoms with Crippen molar-refractivity contribution in [1.29, 1.82) is 0 Å². The van der Waals surface area contributed by atoms with Crippen LogP contribution in [0.25, 0.3) is 0 Å². The standard InChI is InChI=1S/C8H12N2O4S/c11-6(5-14-15)9-3-4-10-7(12)1-2-8(10)13/h15H,1-5H2,(H,9,11). The molecule has 1 fully saturated rings. The fraction of sp³-hybridized carbons (Fsp3) is 0.625. The number of hydrogen-bond acceptors (Lipinski definition) is 5. The van der Waals surface area contributed by atoms with Gasteiger partial charge in [-0.1, -0.05) is 0 Å². The Balaban J connectivity index is 2.22. The summed E-state index contributed by atoms with van der Waals surface area (Å²) in [5.74, 6) is -0.691. The third kappa shape index (κ3) is 3.52. The lowest BCUT2D eigenvalue weighted by atomic mass is 10.4. The van der Waals surface area contributed by atoms with Crippen molar-refractivity contribution in [2.24, 2.45) is 0 Å². The van der Waals surface area contributed by atoms with E-state index < -0.39 is 0 Å². The highest BCUT2D eigenvalue weighted by Gasteiger charge is 2.28. The van der Waals surface area contributed by atoms with Gasteiger partial charge in [0.15, 0.2) is 0 Å². The van der Waals surface area contributed by atoms with Crippen LogP contribution < -0.4 is 5.32 Å². The first-order valence-corrected chi connectivity index (χ1v) is 4.88. The van der Waals surface area contributed by atoms with Gasteiger partial charge in [0.2, 0.25) is 17.7 Å². The van der Waals surface area contributed by atoms with E-state index >= 15 is 0 Å². The molecule has 0 spiro atoms. The predicted octanol–water partition coefficient (Wildman–Crippen LogP) is -0.887. The van der Waals surface area contributed by atoms with E-state index in [4.69, 9.17) is 0 Å². The first kappa shape index (κ1) is 12.0. The van der Waals surface area contributed by atoms with Gasteiger partial charge in [0.1, 0.15) is 6.61 Å². The Bertz CT molecular complexity index is 266. The second-order valence-electron chi connectivity index (χ2n) is 3.06. The van der Waals surface area contributed by atoms with Crippen molar-refractivity contribution in [3.05, 3.63) is 0 Å². The maximum atomic E-state index is 11.1. The van der Waals surface area contributed by atoms with Crippen molar-refractivity contribution in [1.82, 2.24) is 10.2 Å². The van der Waals surface area contributed by atoms with Gasteiger partial charge in [-0.05, 0) is 12.9 Å². The Hall–Kier alpha value is -1.08. The maximum absolute atomic E-state index is 11.1. The van der Waals surface area contributed by atoms with Gasteiger partial charge in [-0.25, -0.2) is 0 Å².